The van der Waals surface area contributed by atoms with Crippen LogP contribution in [0.4, 0.5) is 4.39 Å². The van der Waals surface area contributed by atoms with Gasteiger partial charge in [-0.05, 0) is 49.2 Å². The Kier molecular flexibility index (Phi) is 4.62. The van der Waals surface area contributed by atoms with Crippen molar-refractivity contribution in [1.82, 2.24) is 5.32 Å². The molecule has 0 amide bonds. The molecule has 0 atom stereocenters. The van der Waals surface area contributed by atoms with Gasteiger partial charge < -0.3 is 10.1 Å². The number of halogens is 3. The third-order valence-electron chi connectivity index (χ3n) is 3.29. The first kappa shape index (κ1) is 15.0. The van der Waals surface area contributed by atoms with Crippen molar-refractivity contribution in [2.24, 2.45) is 0 Å². The van der Waals surface area contributed by atoms with E-state index in [9.17, 15) is 4.39 Å². The summed E-state index contributed by atoms with van der Waals surface area (Å²) < 4.78 is 21.4. The molecule has 1 aliphatic carbocycles. The predicted octanol–water partition coefficient (Wildman–Crippen LogP) is 5.40. The summed E-state index contributed by atoms with van der Waals surface area (Å²) in [5.74, 6) is 0.518. The number of hydrogen-bond donors (Lipinski definition) is 1. The lowest BCUT2D eigenvalue weighted by Crippen LogP contribution is -2.15. The Balaban J connectivity index is 1.84. The molecule has 2 aromatic carbocycles. The van der Waals surface area contributed by atoms with Gasteiger partial charge in [-0.25, -0.2) is 4.39 Å². The van der Waals surface area contributed by atoms with Crippen LogP contribution in [-0.4, -0.2) is 6.04 Å². The molecule has 21 heavy (non-hydrogen) atoms. The normalized spacial score (nSPS) is 14.2. The first-order valence-corrected chi connectivity index (χ1v) is 8.35. The van der Waals surface area contributed by atoms with Gasteiger partial charge in [-0.15, -0.1) is 0 Å². The van der Waals surface area contributed by atoms with Crippen LogP contribution in [0.15, 0.2) is 45.3 Å². The van der Waals surface area contributed by atoms with Crippen LogP contribution < -0.4 is 10.1 Å². The van der Waals surface area contributed by atoms with Crippen molar-refractivity contribution in [3.63, 3.8) is 0 Å². The van der Waals surface area contributed by atoms with Gasteiger partial charge in [0, 0.05) is 27.1 Å². The Labute approximate surface area is 140 Å². The Morgan fingerprint density at radius 1 is 1.05 bits per heavy atom. The van der Waals surface area contributed by atoms with E-state index in [0.29, 0.717) is 11.8 Å². The zero-order valence-corrected chi connectivity index (χ0v) is 14.4. The van der Waals surface area contributed by atoms with Crippen molar-refractivity contribution in [2.45, 2.75) is 25.4 Å². The van der Waals surface area contributed by atoms with Crippen LogP contribution in [0.3, 0.4) is 0 Å². The lowest BCUT2D eigenvalue weighted by Gasteiger charge is -2.13. The highest BCUT2D eigenvalue weighted by Gasteiger charge is 2.21. The lowest BCUT2D eigenvalue weighted by atomic mass is 10.2. The highest BCUT2D eigenvalue weighted by Crippen LogP contribution is 2.32. The van der Waals surface area contributed by atoms with Crippen LogP contribution >= 0.6 is 31.9 Å². The number of nitrogens with one attached hydrogen (secondary N) is 1. The van der Waals surface area contributed by atoms with Crippen molar-refractivity contribution in [2.75, 3.05) is 0 Å². The van der Waals surface area contributed by atoms with E-state index >= 15 is 0 Å². The fourth-order valence-corrected chi connectivity index (χ4v) is 2.75. The minimum Gasteiger partial charge on any atom is -0.454 e. The maximum Gasteiger partial charge on any atom is 0.165 e. The number of ether oxygens (including phenoxy) is 1. The van der Waals surface area contributed by atoms with Crippen LogP contribution in [0.2, 0.25) is 0 Å². The fourth-order valence-electron chi connectivity index (χ4n) is 2.00. The van der Waals surface area contributed by atoms with Gasteiger partial charge in [-0.2, -0.15) is 0 Å². The molecule has 5 heteroatoms. The van der Waals surface area contributed by atoms with Crippen LogP contribution in [0.25, 0.3) is 0 Å². The molecule has 0 radical (unpaired) electrons. The Bertz CT molecular complexity index is 659. The Hall–Kier alpha value is -0.910. The van der Waals surface area contributed by atoms with E-state index in [2.05, 4.69) is 37.2 Å². The topological polar surface area (TPSA) is 21.3 Å². The minimum absolute atomic E-state index is 0.222. The molecule has 0 bridgehead atoms. The van der Waals surface area contributed by atoms with Gasteiger partial charge >= 0.3 is 0 Å². The van der Waals surface area contributed by atoms with Gasteiger partial charge in [0.05, 0.1) is 0 Å². The molecule has 2 nitrogen and oxygen atoms in total. The molecular weight excluding hydrogens is 401 g/mol. The second kappa shape index (κ2) is 6.46. The number of benzene rings is 2. The van der Waals surface area contributed by atoms with E-state index < -0.39 is 0 Å². The summed E-state index contributed by atoms with van der Waals surface area (Å²) in [7, 11) is 0. The molecule has 1 fully saturated rings. The quantitative estimate of drug-likeness (QED) is 0.707. The van der Waals surface area contributed by atoms with Crippen LogP contribution in [-0.2, 0) is 6.54 Å². The molecule has 0 aromatic heterocycles. The van der Waals surface area contributed by atoms with Crippen LogP contribution in [0.1, 0.15) is 18.4 Å². The van der Waals surface area contributed by atoms with Crippen LogP contribution in [0, 0.1) is 5.82 Å². The van der Waals surface area contributed by atoms with Gasteiger partial charge in [0.2, 0.25) is 0 Å². The van der Waals surface area contributed by atoms with Crippen molar-refractivity contribution < 1.29 is 9.13 Å². The summed E-state index contributed by atoms with van der Waals surface area (Å²) in [5.41, 5.74) is 1.01. The molecule has 1 N–H and O–H groups in total. The van der Waals surface area contributed by atoms with Gasteiger partial charge in [0.15, 0.2) is 11.6 Å². The van der Waals surface area contributed by atoms with Crippen molar-refractivity contribution in [3.8, 4) is 11.5 Å². The SMILES string of the molecule is Fc1ccc(Br)cc1Oc1ccc(Br)cc1CNC1CC1. The molecule has 2 aromatic rings. The van der Waals surface area contributed by atoms with E-state index in [1.54, 1.807) is 12.1 Å². The first-order chi connectivity index (χ1) is 10.1. The summed E-state index contributed by atoms with van der Waals surface area (Å²) in [6, 6.07) is 11.0. The molecule has 0 saturated heterocycles. The average Bonchev–Trinajstić information content (AvgIpc) is 3.27. The molecule has 0 aliphatic heterocycles. The largest absolute Gasteiger partial charge is 0.454 e. The zero-order chi connectivity index (χ0) is 14.8. The molecule has 110 valence electrons. The van der Waals surface area contributed by atoms with Crippen LogP contribution in [0.5, 0.6) is 11.5 Å². The van der Waals surface area contributed by atoms with E-state index in [-0.39, 0.29) is 11.6 Å². The van der Waals surface area contributed by atoms with E-state index in [4.69, 9.17) is 4.74 Å². The van der Waals surface area contributed by atoms with Gasteiger partial charge in [0.1, 0.15) is 5.75 Å². The number of hydrogen-bond acceptors (Lipinski definition) is 2. The summed E-state index contributed by atoms with van der Waals surface area (Å²) in [6.45, 7) is 0.717. The lowest BCUT2D eigenvalue weighted by molar-refractivity contribution is 0.435. The molecule has 3 rings (SSSR count). The molecular formula is C16H14Br2FNO. The maximum atomic E-state index is 13.8. The van der Waals surface area contributed by atoms with E-state index in [1.807, 2.05) is 18.2 Å². The third-order valence-corrected chi connectivity index (χ3v) is 4.28. The average molecular weight is 415 g/mol. The minimum atomic E-state index is -0.373. The van der Waals surface area contributed by atoms with Crippen molar-refractivity contribution in [3.05, 3.63) is 56.7 Å². The summed E-state index contributed by atoms with van der Waals surface area (Å²) in [4.78, 5) is 0. The standard InChI is InChI=1S/C16H14Br2FNO/c17-11-2-6-15(10(7-11)9-20-13-3-4-13)21-16-8-12(18)1-5-14(16)19/h1-2,5-8,13,20H,3-4,9H2. The maximum absolute atomic E-state index is 13.8. The van der Waals surface area contributed by atoms with E-state index in [0.717, 1.165) is 21.1 Å². The molecule has 0 unspecified atom stereocenters. The smallest absolute Gasteiger partial charge is 0.165 e. The second-order valence-corrected chi connectivity index (χ2v) is 6.92. The summed E-state index contributed by atoms with van der Waals surface area (Å²) >= 11 is 6.80. The predicted molar refractivity (Wildman–Crippen MR) is 88.2 cm³/mol. The highest BCUT2D eigenvalue weighted by molar-refractivity contribution is 9.10. The van der Waals surface area contributed by atoms with Crippen molar-refractivity contribution in [1.29, 1.82) is 0 Å². The van der Waals surface area contributed by atoms with Gasteiger partial charge in [-0.1, -0.05) is 31.9 Å². The fraction of sp³-hybridized carbons (Fsp3) is 0.250. The van der Waals surface area contributed by atoms with Gasteiger partial charge in [-0.3, -0.25) is 0 Å². The molecule has 0 spiro atoms. The first-order valence-electron chi connectivity index (χ1n) is 6.76. The Morgan fingerprint density at radius 2 is 1.76 bits per heavy atom. The Morgan fingerprint density at radius 3 is 2.52 bits per heavy atom. The third kappa shape index (κ3) is 4.05. The zero-order valence-electron chi connectivity index (χ0n) is 11.2. The highest BCUT2D eigenvalue weighted by atomic mass is 79.9. The molecule has 0 heterocycles. The number of rotatable bonds is 5. The summed E-state index contributed by atoms with van der Waals surface area (Å²) in [5, 5.41) is 3.45. The molecule has 1 aliphatic rings. The second-order valence-electron chi connectivity index (χ2n) is 5.08. The monoisotopic (exact) mass is 413 g/mol. The summed E-state index contributed by atoms with van der Waals surface area (Å²) in [6.07, 6.45) is 2.45. The van der Waals surface area contributed by atoms with Gasteiger partial charge in [0.25, 0.3) is 0 Å². The van der Waals surface area contributed by atoms with Crippen molar-refractivity contribution >= 4 is 31.9 Å². The van der Waals surface area contributed by atoms with E-state index in [1.165, 1.54) is 18.9 Å². The molecule has 1 saturated carbocycles.